The molecule has 2 aliphatic rings. The third-order valence-electron chi connectivity index (χ3n) is 11.5. The summed E-state index contributed by atoms with van der Waals surface area (Å²) in [4.78, 5) is 0. The predicted molar refractivity (Wildman–Crippen MR) is 226 cm³/mol. The van der Waals surface area contributed by atoms with Crippen LogP contribution in [0.3, 0.4) is 0 Å². The van der Waals surface area contributed by atoms with Gasteiger partial charge in [0.05, 0.1) is 0 Å². The molecule has 0 fully saturated rings. The van der Waals surface area contributed by atoms with Gasteiger partial charge in [-0.05, 0) is 0 Å². The van der Waals surface area contributed by atoms with Crippen LogP contribution >= 0.6 is 17.0 Å². The molecule has 0 bridgehead atoms. The number of allylic oxidation sites excluding steroid dienone is 2. The zero-order valence-corrected chi connectivity index (χ0v) is 35.1. The van der Waals surface area contributed by atoms with E-state index in [0.717, 1.165) is 25.7 Å². The van der Waals surface area contributed by atoms with Crippen molar-refractivity contribution < 1.29 is 15.6 Å². The molecule has 2 atom stereocenters. The Morgan fingerprint density at radius 2 is 0.827 bits per heavy atom. The van der Waals surface area contributed by atoms with E-state index in [4.69, 9.17) is 0 Å². The molecule has 2 unspecified atom stereocenters. The van der Waals surface area contributed by atoms with Gasteiger partial charge in [-0.1, -0.05) is 0 Å². The second-order valence-corrected chi connectivity index (χ2v) is 52.8. The molecule has 0 amide bonds. The Kier molecular flexibility index (Phi) is 10.1. The number of hydrogen-bond acceptors (Lipinski definition) is 0. The number of hydrogen-bond donors (Lipinski definition) is 0. The van der Waals surface area contributed by atoms with Gasteiger partial charge >= 0.3 is 321 Å². The van der Waals surface area contributed by atoms with Gasteiger partial charge in [-0.2, -0.15) is 0 Å². The maximum atomic E-state index is 9.31. The van der Waals surface area contributed by atoms with Crippen LogP contribution in [0.5, 0.6) is 0 Å². The fraction of sp³-hybridized carbons (Fsp3) is 0.167. The quantitative estimate of drug-likeness (QED) is 0.114. The van der Waals surface area contributed by atoms with E-state index in [-0.39, 0.29) is 7.25 Å². The van der Waals surface area contributed by atoms with Crippen molar-refractivity contribution in [2.75, 3.05) is 0 Å². The van der Waals surface area contributed by atoms with Crippen LogP contribution in [0.2, 0.25) is 0 Å². The van der Waals surface area contributed by atoms with Crippen molar-refractivity contribution in [1.82, 2.24) is 0 Å². The minimum atomic E-state index is -5.46. The van der Waals surface area contributed by atoms with Gasteiger partial charge in [0, 0.05) is 0 Å². The molecule has 0 aromatic heterocycles. The molecule has 0 spiro atoms. The van der Waals surface area contributed by atoms with E-state index in [0.29, 0.717) is 0 Å². The molecule has 2 aliphatic carbocycles. The Bertz CT molecular complexity index is 2100. The standard InChI is InChI=1S/2C18H17.C12H11Si.2ClH.Zr/c2*1-2-7-14-12-16-10-6-11-17(18(16)13-14)15-8-4-3-5-9-15;1-3-7-11(8-4-1)13-12-9-5-2-6-10-12;;;/h2*3-6,8-13H,2,7H2,1H3;1-10,13H;2*1H;/q;;;;;+2/p-2. The van der Waals surface area contributed by atoms with Gasteiger partial charge in [-0.25, -0.2) is 0 Å². The van der Waals surface area contributed by atoms with Crippen molar-refractivity contribution in [3.05, 3.63) is 191 Å². The predicted octanol–water partition coefficient (Wildman–Crippen LogP) is 12.7. The molecule has 4 heteroatoms. The number of rotatable bonds is 11. The summed E-state index contributed by atoms with van der Waals surface area (Å²) in [5.74, 6) is -2.37. The molecule has 259 valence electrons. The van der Waals surface area contributed by atoms with E-state index in [1.54, 1.807) is 0 Å². The van der Waals surface area contributed by atoms with Gasteiger partial charge in [0.1, 0.15) is 0 Å². The molecule has 0 heterocycles. The normalized spacial score (nSPS) is 17.2. The molecule has 6 aromatic carbocycles. The first kappa shape index (κ1) is 35.5. The summed E-state index contributed by atoms with van der Waals surface area (Å²) in [6, 6.07) is 57.9. The van der Waals surface area contributed by atoms with Gasteiger partial charge in [0.15, 0.2) is 0 Å². The van der Waals surface area contributed by atoms with E-state index in [1.165, 1.54) is 66.0 Å². The Labute approximate surface area is 318 Å². The fourth-order valence-corrected chi connectivity index (χ4v) is 59.6. The maximum absolute atomic E-state index is 9.31. The zero-order valence-electron chi connectivity index (χ0n) is 30.0. The molecular weight excluding hydrogens is 767 g/mol. The van der Waals surface area contributed by atoms with Crippen LogP contribution in [0.1, 0.15) is 69.0 Å². The first-order valence-corrected chi connectivity index (χ1v) is 34.0. The average molecular weight is 812 g/mol. The number of benzene rings is 6. The summed E-state index contributed by atoms with van der Waals surface area (Å²) in [5.41, 5.74) is 13.1. The zero-order chi connectivity index (χ0) is 35.7. The molecule has 0 saturated carbocycles. The van der Waals surface area contributed by atoms with Crippen molar-refractivity contribution in [2.45, 2.75) is 46.8 Å². The minimum absolute atomic E-state index is 0.0305. The van der Waals surface area contributed by atoms with E-state index >= 15 is 0 Å². The van der Waals surface area contributed by atoms with Crippen molar-refractivity contribution in [2.24, 2.45) is 0 Å². The van der Waals surface area contributed by atoms with Crippen molar-refractivity contribution in [3.63, 3.8) is 0 Å². The summed E-state index contributed by atoms with van der Waals surface area (Å²) >= 11 is -5.46. The first-order valence-electron chi connectivity index (χ1n) is 18.9. The van der Waals surface area contributed by atoms with Crippen LogP contribution in [0.4, 0.5) is 0 Å². The van der Waals surface area contributed by atoms with E-state index < -0.39 is 21.5 Å². The van der Waals surface area contributed by atoms with Gasteiger partial charge in [-0.3, -0.25) is 0 Å². The van der Waals surface area contributed by atoms with Crippen LogP contribution in [-0.4, -0.2) is 5.92 Å². The van der Waals surface area contributed by atoms with Gasteiger partial charge in [0.25, 0.3) is 0 Å². The Hall–Kier alpha value is -3.52. The molecule has 0 N–H and O–H groups in total. The van der Waals surface area contributed by atoms with E-state index in [1.807, 2.05) is 0 Å². The van der Waals surface area contributed by atoms with Gasteiger partial charge in [0.2, 0.25) is 0 Å². The molecular formula is C48H45Cl2SiZr. The molecule has 0 nitrogen and oxygen atoms in total. The summed E-state index contributed by atoms with van der Waals surface area (Å²) < 4.78 is -0.0610. The molecule has 8 rings (SSSR count). The van der Waals surface area contributed by atoms with E-state index in [9.17, 15) is 17.0 Å². The Balaban J connectivity index is 1.48. The monoisotopic (exact) mass is 809 g/mol. The molecule has 0 saturated heterocycles. The summed E-state index contributed by atoms with van der Waals surface area (Å²) in [7, 11) is 18.6. The third kappa shape index (κ3) is 6.01. The number of fused-ring (bicyclic) bond motifs is 2. The van der Waals surface area contributed by atoms with Crippen LogP contribution in [0.25, 0.3) is 34.4 Å². The molecule has 0 radical (unpaired) electrons. The SMILES string of the molecule is CCCC1=Cc2c(-c3ccccc3)cccc2[CH]1[Zr]([Cl])([Cl])([CH]1C(CCC)=Cc2c(-c3ccccc3)cccc21)[SiH](c1ccccc1)c1ccccc1. The fourth-order valence-electron chi connectivity index (χ4n) is 9.60. The van der Waals surface area contributed by atoms with Crippen molar-refractivity contribution >= 4 is 45.5 Å². The second-order valence-electron chi connectivity index (χ2n) is 14.6. The first-order chi connectivity index (χ1) is 25.4. The summed E-state index contributed by atoms with van der Waals surface area (Å²) in [5, 5.41) is 2.69. The van der Waals surface area contributed by atoms with Crippen LogP contribution in [0, 0.1) is 0 Å². The average Bonchev–Trinajstić information content (AvgIpc) is 3.76. The number of halogens is 2. The van der Waals surface area contributed by atoms with Gasteiger partial charge in [-0.15, -0.1) is 0 Å². The summed E-state index contributed by atoms with van der Waals surface area (Å²) in [6.45, 7) is 4.60. The Morgan fingerprint density at radius 3 is 1.19 bits per heavy atom. The molecule has 0 aliphatic heterocycles. The Morgan fingerprint density at radius 1 is 0.462 bits per heavy atom. The molecule has 52 heavy (non-hydrogen) atoms. The third-order valence-corrected chi connectivity index (χ3v) is 53.4. The van der Waals surface area contributed by atoms with E-state index in [2.05, 4.69) is 184 Å². The van der Waals surface area contributed by atoms with Crippen LogP contribution in [0.15, 0.2) is 169 Å². The topological polar surface area (TPSA) is 0 Å². The molecule has 6 aromatic rings. The van der Waals surface area contributed by atoms with Gasteiger partial charge < -0.3 is 0 Å². The van der Waals surface area contributed by atoms with Crippen LogP contribution < -0.4 is 10.4 Å². The van der Waals surface area contributed by atoms with Crippen molar-refractivity contribution in [1.29, 1.82) is 0 Å². The second kappa shape index (κ2) is 14.7. The summed E-state index contributed by atoms with van der Waals surface area (Å²) in [6.07, 6.45) is 9.03. The van der Waals surface area contributed by atoms with Crippen molar-refractivity contribution in [3.8, 4) is 22.3 Å². The van der Waals surface area contributed by atoms with Crippen LogP contribution in [-0.2, 0) is 15.6 Å².